The first-order valence-electron chi connectivity index (χ1n) is 18.1. The molecule has 0 radical (unpaired) electrons. The third-order valence-electron chi connectivity index (χ3n) is 9.56. The van der Waals surface area contributed by atoms with E-state index in [9.17, 15) is 69.8 Å². The zero-order valence-corrected chi connectivity index (χ0v) is 31.8. The van der Waals surface area contributed by atoms with Crippen LogP contribution in [0.4, 0.5) is 22.7 Å². The highest BCUT2D eigenvalue weighted by Gasteiger charge is 2.39. The number of imidazole rings is 2. The number of hydrogen-bond acceptors (Lipinski definition) is 14. The molecule has 24 nitrogen and oxygen atoms in total. The van der Waals surface area contributed by atoms with E-state index < -0.39 is 77.6 Å². The van der Waals surface area contributed by atoms with Crippen LogP contribution in [0.3, 0.4) is 0 Å². The monoisotopic (exact) mass is 850 g/mol. The van der Waals surface area contributed by atoms with Crippen LogP contribution in [0.5, 0.6) is 11.5 Å². The Balaban J connectivity index is 0.000000202. The van der Waals surface area contributed by atoms with Crippen molar-refractivity contribution < 1.29 is 58.2 Å². The molecule has 0 aliphatic carbocycles. The molecule has 4 amide bonds. The van der Waals surface area contributed by atoms with E-state index in [2.05, 4.69) is 9.97 Å². The third-order valence-corrected chi connectivity index (χ3v) is 9.56. The van der Waals surface area contributed by atoms with Crippen molar-refractivity contribution >= 4 is 57.2 Å². The number of aryl methyl sites for hydroxylation is 2. The van der Waals surface area contributed by atoms with Crippen LogP contribution in [0.2, 0.25) is 0 Å². The Kier molecular flexibility index (Phi) is 12.3. The fourth-order valence-corrected chi connectivity index (χ4v) is 6.65. The Hall–Kier alpha value is -8.96. The molecular formula is C38H30N10O14. The zero-order valence-electron chi connectivity index (χ0n) is 31.8. The number of nitrogens with one attached hydrogen (secondary N) is 2. The SMILES string of the molecule is O=C1c2ccc3c4c(ccc(c24)C(=O)N1CCC[n+]1cc[nH]c1)C(=O)N(CCC[n+]1cc[nH]c1)C3=O.O=[N+]([O-])c1ccc([O-])c([N+](=O)[O-])c1.O=[N+]([O-])c1ccc([O-])c([N+](=O)[O-])c1. The fraction of sp³-hybridized carbons (Fsp3) is 0.158. The van der Waals surface area contributed by atoms with Gasteiger partial charge in [0.2, 0.25) is 12.7 Å². The van der Waals surface area contributed by atoms with Crippen molar-refractivity contribution in [3.8, 4) is 11.5 Å². The Labute approximate surface area is 346 Å². The topological polar surface area (TPSA) is 333 Å². The quantitative estimate of drug-likeness (QED) is 0.0774. The molecule has 62 heavy (non-hydrogen) atoms. The summed E-state index contributed by atoms with van der Waals surface area (Å²) in [7, 11) is 0. The van der Waals surface area contributed by atoms with Crippen LogP contribution >= 0.6 is 0 Å². The van der Waals surface area contributed by atoms with Crippen LogP contribution in [-0.4, -0.2) is 76.2 Å². The fourth-order valence-electron chi connectivity index (χ4n) is 6.65. The van der Waals surface area contributed by atoms with E-state index >= 15 is 0 Å². The molecule has 2 aliphatic rings. The maximum atomic E-state index is 13.3. The highest BCUT2D eigenvalue weighted by molar-refractivity contribution is 6.33. The molecule has 6 aromatic rings. The lowest BCUT2D eigenvalue weighted by Gasteiger charge is -2.31. The Morgan fingerprint density at radius 2 is 0.839 bits per heavy atom. The lowest BCUT2D eigenvalue weighted by atomic mass is 9.86. The molecule has 4 aromatic carbocycles. The number of nitrogens with zero attached hydrogens (tertiary/aromatic N) is 8. The molecule has 24 heteroatoms. The van der Waals surface area contributed by atoms with Gasteiger partial charge in [0, 0.05) is 71.1 Å². The maximum absolute atomic E-state index is 13.3. The minimum Gasteiger partial charge on any atom is -0.868 e. The Bertz CT molecular complexity index is 2530. The molecule has 2 aliphatic heterocycles. The van der Waals surface area contributed by atoms with E-state index in [1.54, 1.807) is 36.7 Å². The summed E-state index contributed by atoms with van der Waals surface area (Å²) >= 11 is 0. The van der Waals surface area contributed by atoms with Gasteiger partial charge < -0.3 is 10.2 Å². The van der Waals surface area contributed by atoms with Gasteiger partial charge in [-0.3, -0.25) is 79.4 Å². The summed E-state index contributed by atoms with van der Waals surface area (Å²) in [5.74, 6) is -3.28. The first-order chi connectivity index (χ1) is 29.6. The summed E-state index contributed by atoms with van der Waals surface area (Å²) in [6, 6.07) is 11.2. The number of carbonyl (C=O) groups is 4. The van der Waals surface area contributed by atoms with Crippen molar-refractivity contribution in [2.24, 2.45) is 0 Å². The number of H-pyrrole nitrogens is 2. The van der Waals surface area contributed by atoms with Crippen molar-refractivity contribution in [1.82, 2.24) is 19.8 Å². The second-order valence-corrected chi connectivity index (χ2v) is 13.3. The molecule has 0 bridgehead atoms. The van der Waals surface area contributed by atoms with E-state index in [0.29, 0.717) is 71.1 Å². The number of benzene rings is 4. The normalized spacial score (nSPS) is 12.6. The van der Waals surface area contributed by atoms with Gasteiger partial charge >= 0.3 is 0 Å². The molecule has 0 saturated carbocycles. The van der Waals surface area contributed by atoms with Crippen LogP contribution in [-0.2, 0) is 13.1 Å². The standard InChI is InChI=1S/C26H22N6O4.2C6H4N2O5/c33-23-17-3-5-19-22-20(26(36)32(25(19)35)12-2-10-30-14-8-28-16-30)6-4-18(21(17)22)24(34)31(23)11-1-9-29-13-7-27-15-29;2*9-6-2-1-4(7(10)11)3-5(6)8(12)13/h3-8,13-16H,1-2,9-12H2;2*1-3,9H. The van der Waals surface area contributed by atoms with Gasteiger partial charge in [-0.2, -0.15) is 0 Å². The highest BCUT2D eigenvalue weighted by atomic mass is 16.6. The summed E-state index contributed by atoms with van der Waals surface area (Å²) in [6.45, 7) is 1.85. The Morgan fingerprint density at radius 3 is 1.11 bits per heavy atom. The first kappa shape index (κ1) is 42.6. The van der Waals surface area contributed by atoms with Gasteiger partial charge in [-0.25, -0.2) is 9.13 Å². The number of nitro groups is 4. The van der Waals surface area contributed by atoms with E-state index in [-0.39, 0.29) is 13.1 Å². The lowest BCUT2D eigenvalue weighted by Crippen LogP contribution is -2.45. The van der Waals surface area contributed by atoms with Crippen molar-refractivity contribution in [3.05, 3.63) is 161 Å². The number of amides is 4. The molecule has 2 aromatic heterocycles. The van der Waals surface area contributed by atoms with Crippen molar-refractivity contribution in [3.63, 3.8) is 0 Å². The maximum Gasteiger partial charge on any atom is 0.276 e. The minimum atomic E-state index is -0.949. The first-order valence-corrected chi connectivity index (χ1v) is 18.1. The summed E-state index contributed by atoms with van der Waals surface area (Å²) < 4.78 is 3.89. The molecule has 0 spiro atoms. The number of non-ortho nitro benzene ring substituents is 2. The van der Waals surface area contributed by atoms with Gasteiger partial charge in [0.1, 0.15) is 24.8 Å². The predicted octanol–water partition coefficient (Wildman–Crippen LogP) is 2.60. The van der Waals surface area contributed by atoms with E-state index in [0.717, 1.165) is 24.3 Å². The predicted molar refractivity (Wildman–Crippen MR) is 204 cm³/mol. The molecule has 8 rings (SSSR count). The Morgan fingerprint density at radius 1 is 0.500 bits per heavy atom. The van der Waals surface area contributed by atoms with Gasteiger partial charge in [-0.1, -0.05) is 12.1 Å². The summed E-state index contributed by atoms with van der Waals surface area (Å²) in [5.41, 5.74) is -1.12. The second kappa shape index (κ2) is 17.9. The smallest absolute Gasteiger partial charge is 0.276 e. The highest BCUT2D eigenvalue weighted by Crippen LogP contribution is 2.38. The average molecular weight is 851 g/mol. The lowest BCUT2D eigenvalue weighted by molar-refractivity contribution is -0.696. The minimum absolute atomic E-state index is 0.269. The van der Waals surface area contributed by atoms with Crippen molar-refractivity contribution in [2.45, 2.75) is 25.9 Å². The number of imide groups is 2. The number of hydrogen-bond donors (Lipinski definition) is 2. The van der Waals surface area contributed by atoms with Gasteiger partial charge in [-0.05, 0) is 35.8 Å². The average Bonchev–Trinajstić information content (AvgIpc) is 3.97. The number of aromatic amines is 2. The number of carbonyl (C=O) groups excluding carboxylic acids is 4. The number of nitro benzene ring substituents is 4. The second-order valence-electron chi connectivity index (χ2n) is 13.3. The van der Waals surface area contributed by atoms with Crippen LogP contribution in [0.1, 0.15) is 54.3 Å². The summed E-state index contributed by atoms with van der Waals surface area (Å²) in [4.78, 5) is 98.9. The molecule has 2 N–H and O–H groups in total. The van der Waals surface area contributed by atoms with Crippen LogP contribution < -0.4 is 19.3 Å². The number of aromatic nitrogens is 4. The van der Waals surface area contributed by atoms with Crippen molar-refractivity contribution in [2.75, 3.05) is 13.1 Å². The summed E-state index contributed by atoms with van der Waals surface area (Å²) in [5, 5.41) is 63.0. The summed E-state index contributed by atoms with van der Waals surface area (Å²) in [6.07, 6.45) is 12.2. The van der Waals surface area contributed by atoms with Gasteiger partial charge in [0.05, 0.1) is 44.9 Å². The van der Waals surface area contributed by atoms with E-state index in [1.807, 2.05) is 34.2 Å². The molecule has 4 heterocycles. The van der Waals surface area contributed by atoms with Crippen LogP contribution in [0.15, 0.2) is 98.1 Å². The van der Waals surface area contributed by atoms with Crippen LogP contribution in [0.25, 0.3) is 10.8 Å². The van der Waals surface area contributed by atoms with Gasteiger partial charge in [-0.15, -0.1) is 0 Å². The largest absolute Gasteiger partial charge is 0.868 e. The van der Waals surface area contributed by atoms with Gasteiger partial charge in [0.15, 0.2) is 0 Å². The molecule has 0 atom stereocenters. The molecule has 0 saturated heterocycles. The van der Waals surface area contributed by atoms with E-state index in [1.165, 1.54) is 9.80 Å². The van der Waals surface area contributed by atoms with Crippen molar-refractivity contribution in [1.29, 1.82) is 0 Å². The van der Waals surface area contributed by atoms with Gasteiger partial charge in [0.25, 0.3) is 46.4 Å². The number of rotatable bonds is 12. The molecule has 0 unspecified atom stereocenters. The molecule has 0 fully saturated rings. The third kappa shape index (κ3) is 8.72. The van der Waals surface area contributed by atoms with Crippen LogP contribution in [0, 0.1) is 40.5 Å². The molecular weight excluding hydrogens is 820 g/mol. The zero-order chi connectivity index (χ0) is 44.8. The molecule has 316 valence electrons. The van der Waals surface area contributed by atoms with E-state index in [4.69, 9.17) is 0 Å².